The van der Waals surface area contributed by atoms with Gasteiger partial charge in [0.1, 0.15) is 6.54 Å². The fraction of sp³-hybridized carbons (Fsp3) is 0.316. The Hall–Kier alpha value is -3.14. The van der Waals surface area contributed by atoms with E-state index in [4.69, 9.17) is 0 Å². The second-order valence-electron chi connectivity index (χ2n) is 6.51. The van der Waals surface area contributed by atoms with Gasteiger partial charge in [0.15, 0.2) is 0 Å². The van der Waals surface area contributed by atoms with Gasteiger partial charge in [-0.15, -0.1) is 0 Å². The van der Waals surface area contributed by atoms with Gasteiger partial charge >= 0.3 is 0 Å². The van der Waals surface area contributed by atoms with E-state index in [1.54, 1.807) is 0 Å². The van der Waals surface area contributed by atoms with Crippen LogP contribution in [0.4, 0.5) is 17.1 Å². The molecular weight excluding hydrogens is 396 g/mol. The van der Waals surface area contributed by atoms with Crippen molar-refractivity contribution in [3.63, 3.8) is 0 Å². The number of sulfonamides is 1. The Morgan fingerprint density at radius 3 is 2.38 bits per heavy atom. The number of anilines is 2. The minimum Gasteiger partial charge on any atom is -0.375 e. The number of benzene rings is 2. The van der Waals surface area contributed by atoms with Crippen molar-refractivity contribution in [1.82, 2.24) is 5.32 Å². The molecule has 0 atom stereocenters. The van der Waals surface area contributed by atoms with Crippen LogP contribution in [0.3, 0.4) is 0 Å². The van der Waals surface area contributed by atoms with Crippen LogP contribution in [0.25, 0.3) is 0 Å². The molecule has 0 saturated carbocycles. The number of hydrogen-bond acceptors (Lipinski definition) is 6. The zero-order valence-electron chi connectivity index (χ0n) is 16.3. The molecule has 29 heavy (non-hydrogen) atoms. The Bertz CT molecular complexity index is 950. The second kappa shape index (κ2) is 9.87. The quantitative estimate of drug-likeness (QED) is 0.357. The monoisotopic (exact) mass is 420 g/mol. The molecular formula is C19H24N4O5S. The molecule has 0 radical (unpaired) electrons. The van der Waals surface area contributed by atoms with Crippen molar-refractivity contribution in [2.45, 2.75) is 6.42 Å². The summed E-state index contributed by atoms with van der Waals surface area (Å²) in [6.07, 6.45) is 1.63. The number of hydrogen-bond donors (Lipinski definition) is 1. The van der Waals surface area contributed by atoms with Crippen LogP contribution in [-0.4, -0.2) is 52.2 Å². The first kappa shape index (κ1) is 22.2. The minimum absolute atomic E-state index is 0.0701. The van der Waals surface area contributed by atoms with E-state index in [0.717, 1.165) is 22.3 Å². The summed E-state index contributed by atoms with van der Waals surface area (Å²) >= 11 is 0. The van der Waals surface area contributed by atoms with Crippen molar-refractivity contribution in [1.29, 1.82) is 0 Å². The molecule has 0 heterocycles. The number of para-hydroxylation sites is 1. The number of nitro groups is 1. The maximum Gasteiger partial charge on any atom is 0.271 e. The van der Waals surface area contributed by atoms with E-state index in [1.165, 1.54) is 18.2 Å². The van der Waals surface area contributed by atoms with Crippen LogP contribution >= 0.6 is 0 Å². The number of rotatable bonds is 10. The molecule has 0 bridgehead atoms. The van der Waals surface area contributed by atoms with Crippen LogP contribution in [0.2, 0.25) is 0 Å². The fourth-order valence-corrected chi connectivity index (χ4v) is 3.55. The van der Waals surface area contributed by atoms with Gasteiger partial charge in [-0.25, -0.2) is 8.42 Å². The molecule has 0 spiro atoms. The minimum atomic E-state index is -3.79. The van der Waals surface area contributed by atoms with Gasteiger partial charge in [-0.3, -0.25) is 19.2 Å². The number of carbonyl (C=O) groups is 1. The molecule has 2 rings (SSSR count). The zero-order valence-corrected chi connectivity index (χ0v) is 17.1. The molecule has 2 aromatic rings. The summed E-state index contributed by atoms with van der Waals surface area (Å²) in [5.41, 5.74) is 0.883. The van der Waals surface area contributed by atoms with Crippen molar-refractivity contribution < 1.29 is 18.1 Å². The Kier molecular flexibility index (Phi) is 7.54. The van der Waals surface area contributed by atoms with E-state index in [9.17, 15) is 23.3 Å². The molecule has 10 heteroatoms. The molecule has 0 aliphatic rings. The molecule has 0 unspecified atom stereocenters. The third kappa shape index (κ3) is 6.75. The molecule has 0 saturated heterocycles. The fourth-order valence-electron chi connectivity index (χ4n) is 2.70. The first-order chi connectivity index (χ1) is 13.7. The maximum absolute atomic E-state index is 12.2. The van der Waals surface area contributed by atoms with Crippen LogP contribution in [0.5, 0.6) is 0 Å². The molecule has 0 aliphatic heterocycles. The number of carbonyl (C=O) groups excluding carboxylic acids is 1. The average Bonchev–Trinajstić information content (AvgIpc) is 2.69. The van der Waals surface area contributed by atoms with Crippen LogP contribution in [0, 0.1) is 10.1 Å². The molecule has 0 fully saturated rings. The third-order valence-electron chi connectivity index (χ3n) is 4.21. The van der Waals surface area contributed by atoms with Gasteiger partial charge in [-0.1, -0.05) is 24.3 Å². The molecule has 0 aliphatic carbocycles. The average molecular weight is 420 g/mol. The molecule has 0 aromatic heterocycles. The summed E-state index contributed by atoms with van der Waals surface area (Å²) in [6, 6.07) is 15.0. The Labute approximate surface area is 170 Å². The van der Waals surface area contributed by atoms with E-state index in [1.807, 2.05) is 37.4 Å². The predicted molar refractivity (Wildman–Crippen MR) is 113 cm³/mol. The summed E-state index contributed by atoms with van der Waals surface area (Å²) in [6.45, 7) is 0.641. The third-order valence-corrected chi connectivity index (χ3v) is 5.35. The second-order valence-corrected chi connectivity index (χ2v) is 8.41. The highest BCUT2D eigenvalue weighted by Crippen LogP contribution is 2.22. The normalized spacial score (nSPS) is 11.0. The standard InChI is InChI=1S/C19H24N4O5S/c1-21(16-8-4-3-5-9-16)13-7-12-20-19(24)15-22(29(2,27)28)17-10-6-11-18(14-17)23(25)26/h3-6,8-11,14H,7,12-13,15H2,1-2H3,(H,20,24). The number of non-ortho nitro benzene ring substituents is 1. The summed E-state index contributed by atoms with van der Waals surface area (Å²) in [7, 11) is -1.84. The van der Waals surface area contributed by atoms with Gasteiger partial charge < -0.3 is 10.2 Å². The summed E-state index contributed by atoms with van der Waals surface area (Å²) < 4.78 is 25.0. The van der Waals surface area contributed by atoms with Crippen LogP contribution in [0.1, 0.15) is 6.42 Å². The van der Waals surface area contributed by atoms with Gasteiger partial charge in [-0.2, -0.15) is 0 Å². The lowest BCUT2D eigenvalue weighted by molar-refractivity contribution is -0.384. The Balaban J connectivity index is 1.92. The van der Waals surface area contributed by atoms with E-state index in [-0.39, 0.29) is 11.4 Å². The van der Waals surface area contributed by atoms with Gasteiger partial charge in [0, 0.05) is 38.0 Å². The van der Waals surface area contributed by atoms with Gasteiger partial charge in [0.05, 0.1) is 16.9 Å². The molecule has 156 valence electrons. The van der Waals surface area contributed by atoms with E-state index < -0.39 is 27.4 Å². The van der Waals surface area contributed by atoms with Crippen molar-refractivity contribution in [3.8, 4) is 0 Å². The Morgan fingerprint density at radius 2 is 1.76 bits per heavy atom. The van der Waals surface area contributed by atoms with E-state index >= 15 is 0 Å². The highest BCUT2D eigenvalue weighted by Gasteiger charge is 2.22. The van der Waals surface area contributed by atoms with Crippen molar-refractivity contribution >= 4 is 33.0 Å². The van der Waals surface area contributed by atoms with E-state index in [2.05, 4.69) is 10.2 Å². The van der Waals surface area contributed by atoms with Crippen molar-refractivity contribution in [3.05, 3.63) is 64.7 Å². The van der Waals surface area contributed by atoms with Crippen molar-refractivity contribution in [2.24, 2.45) is 0 Å². The maximum atomic E-state index is 12.2. The lowest BCUT2D eigenvalue weighted by atomic mass is 10.3. The number of nitrogens with zero attached hydrogens (tertiary/aromatic N) is 3. The lowest BCUT2D eigenvalue weighted by Crippen LogP contribution is -2.41. The summed E-state index contributed by atoms with van der Waals surface area (Å²) in [4.78, 5) is 24.6. The van der Waals surface area contributed by atoms with Gasteiger partial charge in [0.2, 0.25) is 15.9 Å². The van der Waals surface area contributed by atoms with Gasteiger partial charge in [-0.05, 0) is 24.6 Å². The summed E-state index contributed by atoms with van der Waals surface area (Å²) in [5, 5.41) is 13.6. The molecule has 2 aromatic carbocycles. The van der Waals surface area contributed by atoms with Gasteiger partial charge in [0.25, 0.3) is 5.69 Å². The molecule has 9 nitrogen and oxygen atoms in total. The predicted octanol–water partition coefficient (Wildman–Crippen LogP) is 2.00. The van der Waals surface area contributed by atoms with E-state index in [0.29, 0.717) is 19.5 Å². The first-order valence-corrected chi connectivity index (χ1v) is 10.8. The van der Waals surface area contributed by atoms with Crippen LogP contribution < -0.4 is 14.5 Å². The van der Waals surface area contributed by atoms with Crippen LogP contribution in [0.15, 0.2) is 54.6 Å². The molecule has 1 amide bonds. The lowest BCUT2D eigenvalue weighted by Gasteiger charge is -2.22. The molecule has 1 N–H and O–H groups in total. The van der Waals surface area contributed by atoms with Crippen molar-refractivity contribution in [2.75, 3.05) is 42.1 Å². The highest BCUT2D eigenvalue weighted by molar-refractivity contribution is 7.92. The topological polar surface area (TPSA) is 113 Å². The first-order valence-electron chi connectivity index (χ1n) is 8.93. The van der Waals surface area contributed by atoms with Crippen LogP contribution in [-0.2, 0) is 14.8 Å². The number of nitro benzene ring substituents is 1. The SMILES string of the molecule is CN(CCCNC(=O)CN(c1cccc([N+](=O)[O-])c1)S(C)(=O)=O)c1ccccc1. The number of amides is 1. The highest BCUT2D eigenvalue weighted by atomic mass is 32.2. The summed E-state index contributed by atoms with van der Waals surface area (Å²) in [5.74, 6) is -0.482. The smallest absolute Gasteiger partial charge is 0.271 e. The largest absolute Gasteiger partial charge is 0.375 e. The number of nitrogens with one attached hydrogen (secondary N) is 1. The Morgan fingerprint density at radius 1 is 1.10 bits per heavy atom. The zero-order chi connectivity index (χ0) is 21.4.